The van der Waals surface area contributed by atoms with Crippen molar-refractivity contribution in [1.29, 1.82) is 0 Å². The van der Waals surface area contributed by atoms with Gasteiger partial charge < -0.3 is 9.52 Å². The number of carboxylic acid groups (broad SMARTS) is 1. The lowest BCUT2D eigenvalue weighted by atomic mass is 10.2. The molecule has 0 radical (unpaired) electrons. The Kier molecular flexibility index (Phi) is 4.48. The maximum atomic E-state index is 10.3. The van der Waals surface area contributed by atoms with Crippen molar-refractivity contribution >= 4 is 33.2 Å². The average Bonchev–Trinajstić information content (AvgIpc) is 2.93. The molecule has 5 nitrogen and oxygen atoms in total. The van der Waals surface area contributed by atoms with Gasteiger partial charge in [0.25, 0.3) is 0 Å². The molecule has 0 aliphatic rings. The fraction of sp³-hybridized carbons (Fsp3) is 0.364. The van der Waals surface area contributed by atoms with E-state index in [1.807, 2.05) is 11.4 Å². The second kappa shape index (κ2) is 6.10. The van der Waals surface area contributed by atoms with Gasteiger partial charge in [-0.3, -0.25) is 4.79 Å². The molecule has 2 aromatic rings. The molecule has 0 aromatic carbocycles. The summed E-state index contributed by atoms with van der Waals surface area (Å²) in [5.74, 6) is 0.284. The summed E-state index contributed by atoms with van der Waals surface area (Å²) in [4.78, 5) is 10.3. The molecule has 0 aliphatic heterocycles. The van der Waals surface area contributed by atoms with Gasteiger partial charge in [0.1, 0.15) is 0 Å². The SMILES string of the molecule is O=C(O)CCCCc1nnc(-c2csc(Br)c2)o1. The van der Waals surface area contributed by atoms with Crippen molar-refractivity contribution in [3.05, 3.63) is 21.1 Å². The number of thiophene rings is 1. The number of aromatic nitrogens is 2. The first-order chi connectivity index (χ1) is 8.65. The van der Waals surface area contributed by atoms with Crippen molar-refractivity contribution in [2.75, 3.05) is 0 Å². The normalized spacial score (nSPS) is 10.7. The van der Waals surface area contributed by atoms with Crippen LogP contribution >= 0.6 is 27.3 Å². The van der Waals surface area contributed by atoms with Crippen LogP contribution < -0.4 is 0 Å². The van der Waals surface area contributed by atoms with E-state index < -0.39 is 5.97 Å². The molecule has 0 atom stereocenters. The molecule has 18 heavy (non-hydrogen) atoms. The minimum atomic E-state index is -0.774. The van der Waals surface area contributed by atoms with Crippen molar-refractivity contribution in [3.8, 4) is 11.5 Å². The molecule has 1 N–H and O–H groups in total. The first-order valence-electron chi connectivity index (χ1n) is 5.44. The van der Waals surface area contributed by atoms with Crippen molar-refractivity contribution in [3.63, 3.8) is 0 Å². The Labute approximate surface area is 116 Å². The van der Waals surface area contributed by atoms with Crippen LogP contribution in [0.4, 0.5) is 0 Å². The van der Waals surface area contributed by atoms with Crippen LogP contribution in [0.5, 0.6) is 0 Å². The lowest BCUT2D eigenvalue weighted by Crippen LogP contribution is -1.95. The molecule has 2 aromatic heterocycles. The van der Waals surface area contributed by atoms with Crippen molar-refractivity contribution in [2.24, 2.45) is 0 Å². The van der Waals surface area contributed by atoms with Crippen molar-refractivity contribution < 1.29 is 14.3 Å². The number of hydrogen-bond acceptors (Lipinski definition) is 5. The second-order valence-electron chi connectivity index (χ2n) is 3.74. The molecular formula is C11H11BrN2O3S. The highest BCUT2D eigenvalue weighted by Gasteiger charge is 2.10. The smallest absolute Gasteiger partial charge is 0.303 e. The van der Waals surface area contributed by atoms with Gasteiger partial charge in [0.15, 0.2) is 0 Å². The zero-order valence-corrected chi connectivity index (χ0v) is 11.8. The van der Waals surface area contributed by atoms with Crippen LogP contribution in [-0.4, -0.2) is 21.3 Å². The summed E-state index contributed by atoms with van der Waals surface area (Å²) in [6.07, 6.45) is 2.16. The maximum absolute atomic E-state index is 10.3. The van der Waals surface area contributed by atoms with E-state index >= 15 is 0 Å². The average molecular weight is 331 g/mol. The molecule has 2 rings (SSSR count). The lowest BCUT2D eigenvalue weighted by molar-refractivity contribution is -0.137. The molecule has 96 valence electrons. The molecule has 0 bridgehead atoms. The van der Waals surface area contributed by atoms with Crippen LogP contribution in [0.15, 0.2) is 19.6 Å². The fourth-order valence-electron chi connectivity index (χ4n) is 1.45. The predicted molar refractivity (Wildman–Crippen MR) is 70.5 cm³/mol. The summed E-state index contributed by atoms with van der Waals surface area (Å²) >= 11 is 4.93. The Morgan fingerprint density at radius 1 is 1.44 bits per heavy atom. The highest BCUT2D eigenvalue weighted by atomic mass is 79.9. The van der Waals surface area contributed by atoms with Gasteiger partial charge in [-0.2, -0.15) is 0 Å². The Hall–Kier alpha value is -1.21. The van der Waals surface area contributed by atoms with Gasteiger partial charge in [-0.1, -0.05) is 0 Å². The minimum absolute atomic E-state index is 0.179. The quantitative estimate of drug-likeness (QED) is 0.822. The summed E-state index contributed by atoms with van der Waals surface area (Å²) in [6.45, 7) is 0. The highest BCUT2D eigenvalue weighted by molar-refractivity contribution is 9.11. The first kappa shape index (κ1) is 13.2. The molecule has 0 unspecified atom stereocenters. The van der Waals surface area contributed by atoms with Crippen LogP contribution in [0, 0.1) is 0 Å². The Bertz CT molecular complexity index is 538. The number of rotatable bonds is 6. The minimum Gasteiger partial charge on any atom is -0.481 e. The number of hydrogen-bond donors (Lipinski definition) is 1. The first-order valence-corrected chi connectivity index (χ1v) is 7.11. The number of nitrogens with zero attached hydrogens (tertiary/aromatic N) is 2. The number of carbonyl (C=O) groups is 1. The van der Waals surface area contributed by atoms with Crippen molar-refractivity contribution in [2.45, 2.75) is 25.7 Å². The van der Waals surface area contributed by atoms with Crippen LogP contribution in [0.2, 0.25) is 0 Å². The fourth-order valence-corrected chi connectivity index (χ4v) is 2.58. The van der Waals surface area contributed by atoms with Gasteiger partial charge in [-0.05, 0) is 34.8 Å². The highest BCUT2D eigenvalue weighted by Crippen LogP contribution is 2.28. The summed E-state index contributed by atoms with van der Waals surface area (Å²) in [6, 6.07) is 1.92. The summed E-state index contributed by atoms with van der Waals surface area (Å²) in [5.41, 5.74) is 0.899. The van der Waals surface area contributed by atoms with Crippen molar-refractivity contribution in [1.82, 2.24) is 10.2 Å². The van der Waals surface area contributed by atoms with E-state index in [-0.39, 0.29) is 6.42 Å². The zero-order chi connectivity index (χ0) is 13.0. The number of unbranched alkanes of at least 4 members (excludes halogenated alkanes) is 1. The number of aliphatic carboxylic acids is 1. The van der Waals surface area contributed by atoms with E-state index in [0.717, 1.165) is 15.8 Å². The standard InChI is InChI=1S/C11H11BrN2O3S/c12-8-5-7(6-18-8)11-14-13-9(17-11)3-1-2-4-10(15)16/h5-6H,1-4H2,(H,15,16). The topological polar surface area (TPSA) is 76.2 Å². The van der Waals surface area contributed by atoms with Crippen LogP contribution in [-0.2, 0) is 11.2 Å². The molecule has 0 fully saturated rings. The van der Waals surface area contributed by atoms with E-state index in [2.05, 4.69) is 26.1 Å². The van der Waals surface area contributed by atoms with E-state index in [1.54, 1.807) is 11.3 Å². The Morgan fingerprint density at radius 2 is 2.28 bits per heavy atom. The summed E-state index contributed by atoms with van der Waals surface area (Å²) < 4.78 is 6.52. The zero-order valence-electron chi connectivity index (χ0n) is 9.43. The van der Waals surface area contributed by atoms with Crippen LogP contribution in [0.25, 0.3) is 11.5 Å². The molecule has 0 aliphatic carbocycles. The molecule has 0 amide bonds. The van der Waals surface area contributed by atoms with Gasteiger partial charge in [-0.25, -0.2) is 0 Å². The third kappa shape index (κ3) is 3.64. The third-order valence-corrected chi connectivity index (χ3v) is 3.82. The van der Waals surface area contributed by atoms with Gasteiger partial charge >= 0.3 is 5.97 Å². The van der Waals surface area contributed by atoms with E-state index in [4.69, 9.17) is 9.52 Å². The van der Waals surface area contributed by atoms with Crippen LogP contribution in [0.1, 0.15) is 25.2 Å². The largest absolute Gasteiger partial charge is 0.481 e. The van der Waals surface area contributed by atoms with Gasteiger partial charge in [0.2, 0.25) is 11.8 Å². The van der Waals surface area contributed by atoms with Gasteiger partial charge in [0, 0.05) is 18.2 Å². The number of carboxylic acids is 1. The predicted octanol–water partition coefficient (Wildman–Crippen LogP) is 3.36. The molecule has 0 saturated carbocycles. The Morgan fingerprint density at radius 3 is 2.94 bits per heavy atom. The second-order valence-corrected chi connectivity index (χ2v) is 6.03. The van der Waals surface area contributed by atoms with E-state index in [1.165, 1.54) is 0 Å². The van der Waals surface area contributed by atoms with E-state index in [0.29, 0.717) is 24.6 Å². The lowest BCUT2D eigenvalue weighted by Gasteiger charge is -1.93. The summed E-state index contributed by atoms with van der Waals surface area (Å²) in [5, 5.41) is 18.4. The third-order valence-electron chi connectivity index (χ3n) is 2.31. The monoisotopic (exact) mass is 330 g/mol. The van der Waals surface area contributed by atoms with Gasteiger partial charge in [0.05, 0.1) is 9.35 Å². The molecule has 2 heterocycles. The molecule has 7 heteroatoms. The number of aryl methyl sites for hydroxylation is 1. The number of halogens is 1. The maximum Gasteiger partial charge on any atom is 0.303 e. The summed E-state index contributed by atoms with van der Waals surface area (Å²) in [7, 11) is 0. The Balaban J connectivity index is 1.88. The molecule has 0 spiro atoms. The molecular weight excluding hydrogens is 320 g/mol. The van der Waals surface area contributed by atoms with E-state index in [9.17, 15) is 4.79 Å². The van der Waals surface area contributed by atoms with Gasteiger partial charge in [-0.15, -0.1) is 21.5 Å². The van der Waals surface area contributed by atoms with Crippen LogP contribution in [0.3, 0.4) is 0 Å². The molecule has 0 saturated heterocycles.